The van der Waals surface area contributed by atoms with Crippen molar-refractivity contribution in [1.29, 1.82) is 0 Å². The second-order valence-electron chi connectivity index (χ2n) is 12.6. The molecule has 0 saturated carbocycles. The fourth-order valence-electron chi connectivity index (χ4n) is 6.35. The van der Waals surface area contributed by atoms with Crippen LogP contribution in [0.25, 0.3) is 59.0 Å². The van der Waals surface area contributed by atoms with Crippen molar-refractivity contribution in [3.8, 4) is 31.6 Å². The molecule has 6 heteroatoms. The van der Waals surface area contributed by atoms with Gasteiger partial charge in [0.25, 0.3) is 0 Å². The highest BCUT2D eigenvalue weighted by Gasteiger charge is 2.37. The molecule has 0 saturated heterocycles. The first-order valence-electron chi connectivity index (χ1n) is 15.0. The molecule has 0 radical (unpaired) electrons. The van der Waals surface area contributed by atoms with Gasteiger partial charge in [-0.3, -0.25) is 4.57 Å². The summed E-state index contributed by atoms with van der Waals surface area (Å²) in [7, 11) is 0. The molecule has 1 aliphatic rings. The van der Waals surface area contributed by atoms with Gasteiger partial charge in [0.05, 0.1) is 20.8 Å². The van der Waals surface area contributed by atoms with Gasteiger partial charge in [0.2, 0.25) is 0 Å². The maximum absolute atomic E-state index is 6.61. The summed E-state index contributed by atoms with van der Waals surface area (Å²) >= 11 is 3.72. The van der Waals surface area contributed by atoms with Gasteiger partial charge in [-0.2, -0.15) is 0 Å². The van der Waals surface area contributed by atoms with Crippen LogP contribution in [-0.4, -0.2) is 14.5 Å². The molecule has 0 unspecified atom stereocenters. The molecular formula is C37H33N3OS2. The quantitative estimate of drug-likeness (QED) is 0.202. The van der Waals surface area contributed by atoms with E-state index < -0.39 is 5.60 Å². The Morgan fingerprint density at radius 3 is 2.28 bits per heavy atom. The van der Waals surface area contributed by atoms with Crippen molar-refractivity contribution < 1.29 is 4.74 Å². The molecule has 8 rings (SSSR count). The molecule has 0 bridgehead atoms. The molecule has 0 spiro atoms. The average Bonchev–Trinajstić information content (AvgIpc) is 3.70. The summed E-state index contributed by atoms with van der Waals surface area (Å²) in [6, 6.07) is 28.1. The minimum absolute atomic E-state index is 0.317. The molecule has 0 atom stereocenters. The molecule has 0 amide bonds. The number of benzene rings is 3. The van der Waals surface area contributed by atoms with Crippen molar-refractivity contribution in [2.24, 2.45) is 0 Å². The monoisotopic (exact) mass is 599 g/mol. The number of hydrogen-bond donors (Lipinski definition) is 0. The Labute approximate surface area is 259 Å². The van der Waals surface area contributed by atoms with Gasteiger partial charge in [0.1, 0.15) is 22.4 Å². The predicted molar refractivity (Wildman–Crippen MR) is 182 cm³/mol. The largest absolute Gasteiger partial charge is 0.482 e. The zero-order chi connectivity index (χ0) is 29.6. The van der Waals surface area contributed by atoms with Crippen LogP contribution in [0.2, 0.25) is 0 Å². The second-order valence-corrected chi connectivity index (χ2v) is 14.7. The number of nitrogens with zero attached hydrogens (tertiary/aromatic N) is 3. The van der Waals surface area contributed by atoms with Gasteiger partial charge in [0, 0.05) is 32.0 Å². The Balaban J connectivity index is 1.43. The lowest BCUT2D eigenvalue weighted by molar-refractivity contribution is 0.107. The van der Waals surface area contributed by atoms with Crippen molar-refractivity contribution in [1.82, 2.24) is 14.5 Å². The number of thiophene rings is 2. The van der Waals surface area contributed by atoms with E-state index in [0.717, 1.165) is 50.1 Å². The van der Waals surface area contributed by atoms with E-state index in [1.807, 2.05) is 22.7 Å². The van der Waals surface area contributed by atoms with Crippen LogP contribution in [0.4, 0.5) is 0 Å². The lowest BCUT2D eigenvalue weighted by atomic mass is 9.93. The predicted octanol–water partition coefficient (Wildman–Crippen LogP) is 11.1. The van der Waals surface area contributed by atoms with Gasteiger partial charge in [-0.1, -0.05) is 76.2 Å². The first-order chi connectivity index (χ1) is 20.7. The summed E-state index contributed by atoms with van der Waals surface area (Å²) in [6.07, 6.45) is 0. The van der Waals surface area contributed by atoms with Crippen LogP contribution in [-0.2, 0) is 5.60 Å². The van der Waals surface area contributed by atoms with Crippen LogP contribution in [0, 0.1) is 0 Å². The third-order valence-corrected chi connectivity index (χ3v) is 11.3. The molecule has 1 aliphatic heterocycles. The van der Waals surface area contributed by atoms with E-state index in [-0.39, 0.29) is 0 Å². The topological polar surface area (TPSA) is 39.9 Å². The number of aromatic nitrogens is 3. The highest BCUT2D eigenvalue weighted by molar-refractivity contribution is 7.24. The van der Waals surface area contributed by atoms with E-state index in [1.165, 1.54) is 30.6 Å². The molecule has 0 aliphatic carbocycles. The summed E-state index contributed by atoms with van der Waals surface area (Å²) in [5.74, 6) is 1.79. The highest BCUT2D eigenvalue weighted by atomic mass is 32.1. The van der Waals surface area contributed by atoms with E-state index in [2.05, 4.69) is 125 Å². The fraction of sp³-hybridized carbons (Fsp3) is 0.243. The summed E-state index contributed by atoms with van der Waals surface area (Å²) in [6.45, 7) is 13.3. The number of hydrogen-bond acceptors (Lipinski definition) is 5. The molecule has 5 heterocycles. The van der Waals surface area contributed by atoms with Gasteiger partial charge in [-0.25, -0.2) is 9.97 Å². The SMILES string of the molecule is CC(C)c1cc2c(s1)-c1sc(-c3ccc(C(C)C)c4nc5c6ccccc6n(-c6ccccc6)c5nc34)cc1C(C)(C)O2. The van der Waals surface area contributed by atoms with Crippen molar-refractivity contribution in [2.75, 3.05) is 0 Å². The number of rotatable bonds is 4. The van der Waals surface area contributed by atoms with Crippen LogP contribution in [0.5, 0.6) is 5.75 Å². The third kappa shape index (κ3) is 4.00. The van der Waals surface area contributed by atoms with Crippen LogP contribution in [0.15, 0.2) is 78.9 Å². The van der Waals surface area contributed by atoms with Crippen molar-refractivity contribution >= 4 is 55.8 Å². The summed E-state index contributed by atoms with van der Waals surface area (Å²) in [5.41, 5.74) is 9.12. The zero-order valence-electron chi connectivity index (χ0n) is 25.2. The van der Waals surface area contributed by atoms with Gasteiger partial charge >= 0.3 is 0 Å². The van der Waals surface area contributed by atoms with E-state index in [0.29, 0.717) is 11.8 Å². The Hall–Kier alpha value is -4.00. The highest BCUT2D eigenvalue weighted by Crippen LogP contribution is 2.55. The van der Waals surface area contributed by atoms with Crippen molar-refractivity contribution in [3.05, 3.63) is 94.9 Å². The average molecular weight is 600 g/mol. The fourth-order valence-corrected chi connectivity index (χ4v) is 8.92. The van der Waals surface area contributed by atoms with Crippen LogP contribution in [0.1, 0.15) is 69.4 Å². The van der Waals surface area contributed by atoms with Gasteiger partial charge < -0.3 is 4.74 Å². The normalized spacial score (nSPS) is 14.1. The molecule has 0 fully saturated rings. The van der Waals surface area contributed by atoms with Gasteiger partial charge in [0.15, 0.2) is 5.65 Å². The maximum Gasteiger partial charge on any atom is 0.165 e. The smallest absolute Gasteiger partial charge is 0.165 e. The molecule has 4 aromatic heterocycles. The number of fused-ring (bicyclic) bond motifs is 7. The Morgan fingerprint density at radius 2 is 1.51 bits per heavy atom. The first kappa shape index (κ1) is 26.6. The van der Waals surface area contributed by atoms with E-state index in [4.69, 9.17) is 14.7 Å². The summed E-state index contributed by atoms with van der Waals surface area (Å²) < 4.78 is 8.86. The molecule has 43 heavy (non-hydrogen) atoms. The maximum atomic E-state index is 6.61. The summed E-state index contributed by atoms with van der Waals surface area (Å²) in [4.78, 5) is 16.0. The number of para-hydroxylation sites is 2. The van der Waals surface area contributed by atoms with E-state index in [9.17, 15) is 0 Å². The van der Waals surface area contributed by atoms with Crippen LogP contribution in [0.3, 0.4) is 0 Å². The Kier molecular flexibility index (Phi) is 5.88. The molecule has 3 aromatic carbocycles. The molecule has 4 nitrogen and oxygen atoms in total. The molecule has 214 valence electrons. The lowest BCUT2D eigenvalue weighted by Crippen LogP contribution is -2.27. The zero-order valence-corrected chi connectivity index (χ0v) is 26.9. The van der Waals surface area contributed by atoms with Crippen molar-refractivity contribution in [3.63, 3.8) is 0 Å². The minimum Gasteiger partial charge on any atom is -0.482 e. The summed E-state index contributed by atoms with van der Waals surface area (Å²) in [5, 5.41) is 1.12. The molecular weight excluding hydrogens is 567 g/mol. The molecule has 0 N–H and O–H groups in total. The van der Waals surface area contributed by atoms with Crippen molar-refractivity contribution in [2.45, 2.75) is 59.0 Å². The van der Waals surface area contributed by atoms with E-state index >= 15 is 0 Å². The molecule has 7 aromatic rings. The van der Waals surface area contributed by atoms with Gasteiger partial charge in [-0.15, -0.1) is 22.7 Å². The minimum atomic E-state index is -0.418. The van der Waals surface area contributed by atoms with Crippen LogP contribution >= 0.6 is 22.7 Å². The second kappa shape index (κ2) is 9.50. The number of ether oxygens (including phenoxy) is 1. The first-order valence-corrected chi connectivity index (χ1v) is 16.6. The Morgan fingerprint density at radius 1 is 0.744 bits per heavy atom. The standard InChI is InChI=1S/C37H33N3OS2/c1-20(2)23-16-17-25(30-18-26-34(43-30)35-28(41-37(26,5)6)19-29(42-35)21(3)4)32-31(23)38-33-24-14-10-11-15-27(24)40(36(33)39-32)22-12-8-7-9-13-22/h7-21H,1-6H3. The third-order valence-electron chi connectivity index (χ3n) is 8.59. The van der Waals surface area contributed by atoms with Gasteiger partial charge in [-0.05, 0) is 61.6 Å². The lowest BCUT2D eigenvalue weighted by Gasteiger charge is -2.31. The van der Waals surface area contributed by atoms with E-state index in [1.54, 1.807) is 0 Å². The Bertz CT molecular complexity index is 2200. The van der Waals surface area contributed by atoms with Crippen LogP contribution < -0.4 is 4.74 Å².